The number of nitrogens with one attached hydrogen (secondary N) is 4. The van der Waals surface area contributed by atoms with Crippen LogP contribution in [0.3, 0.4) is 0 Å². The Hall–Kier alpha value is -7.56. The first-order chi connectivity index (χ1) is 31.0. The van der Waals surface area contributed by atoms with Crippen molar-refractivity contribution in [3.8, 4) is 34.5 Å². The quantitative estimate of drug-likeness (QED) is 0.0530. The second kappa shape index (κ2) is 20.5. The summed E-state index contributed by atoms with van der Waals surface area (Å²) >= 11 is 0. The van der Waals surface area contributed by atoms with Crippen LogP contribution in [0.25, 0.3) is 0 Å². The van der Waals surface area contributed by atoms with Gasteiger partial charge in [0, 0.05) is 35.9 Å². The van der Waals surface area contributed by atoms with Crippen LogP contribution >= 0.6 is 0 Å². The lowest BCUT2D eigenvalue weighted by Gasteiger charge is -2.16. The molecule has 0 saturated heterocycles. The van der Waals surface area contributed by atoms with Crippen molar-refractivity contribution in [2.24, 2.45) is 10.3 Å². The van der Waals surface area contributed by atoms with E-state index in [0.29, 0.717) is 34.4 Å². The maximum absolute atomic E-state index is 12.7. The van der Waals surface area contributed by atoms with Gasteiger partial charge in [-0.1, -0.05) is 12.1 Å². The third kappa shape index (κ3) is 13.7. The maximum Gasteiger partial charge on any atom is 0.573 e. The van der Waals surface area contributed by atoms with Crippen LogP contribution in [-0.4, -0.2) is 77.9 Å². The first kappa shape index (κ1) is 49.5. The molecule has 28 heteroatoms. The Kier molecular flexibility index (Phi) is 15.4. The minimum absolute atomic E-state index is 0.0713. The third-order valence-electron chi connectivity index (χ3n) is 8.09. The van der Waals surface area contributed by atoms with Crippen LogP contribution < -0.4 is 60.0 Å². The molecule has 0 unspecified atom stereocenters. The van der Waals surface area contributed by atoms with Crippen LogP contribution in [0.15, 0.2) is 107 Å². The fourth-order valence-electron chi connectivity index (χ4n) is 5.56. The highest BCUT2D eigenvalue weighted by molar-refractivity contribution is 7.89. The summed E-state index contributed by atoms with van der Waals surface area (Å²) < 4.78 is 153. The number of hydrogen-bond donors (Lipinski definition) is 6. The van der Waals surface area contributed by atoms with Crippen LogP contribution in [0.2, 0.25) is 0 Å². The lowest BCUT2D eigenvalue weighted by Crippen LogP contribution is -2.22. The standard InChI is InChI=1S/2C19H18F3N5O5S/c2*1-30-13-7-6-11(10-15(13)31-2)25-18-24-9-8-16(27-18)26-12-4-3-5-14(32-19(20,21)22)17(12)33(23,28)29/h2*3-10H,1-2H3,(H2,23,28,29)(H2,24,25,26,27). The zero-order valence-electron chi connectivity index (χ0n) is 34.3. The molecule has 66 heavy (non-hydrogen) atoms. The molecule has 0 spiro atoms. The number of nitrogens with zero attached hydrogens (tertiary/aromatic N) is 4. The van der Waals surface area contributed by atoms with E-state index < -0.39 is 54.1 Å². The largest absolute Gasteiger partial charge is 0.573 e. The van der Waals surface area contributed by atoms with Crippen molar-refractivity contribution >= 4 is 66.3 Å². The van der Waals surface area contributed by atoms with Gasteiger partial charge in [0.2, 0.25) is 31.9 Å². The lowest BCUT2D eigenvalue weighted by molar-refractivity contribution is -0.276. The molecule has 2 aromatic heterocycles. The van der Waals surface area contributed by atoms with Gasteiger partial charge in [0.15, 0.2) is 34.5 Å². The van der Waals surface area contributed by atoms with Gasteiger partial charge in [-0.25, -0.2) is 37.1 Å². The summed E-state index contributed by atoms with van der Waals surface area (Å²) in [5, 5.41) is 21.4. The van der Waals surface area contributed by atoms with Crippen molar-refractivity contribution in [3.63, 3.8) is 0 Å². The molecular formula is C38H36F6N10O10S2. The molecule has 6 rings (SSSR count). The summed E-state index contributed by atoms with van der Waals surface area (Å²) in [6, 6.07) is 19.2. The molecule has 8 N–H and O–H groups in total. The number of sulfonamides is 2. The Labute approximate surface area is 371 Å². The van der Waals surface area contributed by atoms with Gasteiger partial charge in [0.05, 0.1) is 39.8 Å². The average Bonchev–Trinajstić information content (AvgIpc) is 3.22. The number of primary sulfonamides is 2. The fourth-order valence-corrected chi connectivity index (χ4v) is 7.20. The Balaban J connectivity index is 0.000000247. The second-order valence-corrected chi connectivity index (χ2v) is 15.6. The van der Waals surface area contributed by atoms with Crippen molar-refractivity contribution in [2.75, 3.05) is 49.7 Å². The van der Waals surface area contributed by atoms with Crippen LogP contribution in [0.4, 0.5) is 72.6 Å². The third-order valence-corrected chi connectivity index (χ3v) is 10.1. The van der Waals surface area contributed by atoms with Crippen molar-refractivity contribution in [3.05, 3.63) is 97.3 Å². The van der Waals surface area contributed by atoms with Crippen molar-refractivity contribution in [1.29, 1.82) is 0 Å². The Morgan fingerprint density at radius 3 is 1.17 bits per heavy atom. The number of hydrogen-bond acceptors (Lipinski definition) is 18. The molecule has 0 aliphatic rings. The molecule has 0 saturated carbocycles. The second-order valence-electron chi connectivity index (χ2n) is 12.6. The average molecular weight is 971 g/mol. The summed E-state index contributed by atoms with van der Waals surface area (Å²) in [5.74, 6) is 0.322. The van der Waals surface area contributed by atoms with Gasteiger partial charge in [0.1, 0.15) is 21.4 Å². The van der Waals surface area contributed by atoms with Crippen molar-refractivity contribution in [2.45, 2.75) is 22.5 Å². The van der Waals surface area contributed by atoms with Crippen LogP contribution in [-0.2, 0) is 20.0 Å². The number of halogens is 6. The molecule has 0 bridgehead atoms. The van der Waals surface area contributed by atoms with E-state index in [1.165, 1.54) is 77.2 Å². The smallest absolute Gasteiger partial charge is 0.493 e. The molecule has 4 aromatic carbocycles. The van der Waals surface area contributed by atoms with E-state index in [-0.39, 0.29) is 34.9 Å². The molecule has 0 atom stereocenters. The van der Waals surface area contributed by atoms with Crippen LogP contribution in [0.1, 0.15) is 0 Å². The van der Waals surface area contributed by atoms with E-state index in [1.807, 2.05) is 0 Å². The normalized spacial score (nSPS) is 11.6. The zero-order chi connectivity index (χ0) is 48.5. The molecule has 0 aliphatic heterocycles. The number of nitrogens with two attached hydrogens (primary N) is 2. The number of ether oxygens (including phenoxy) is 6. The van der Waals surface area contributed by atoms with Crippen molar-refractivity contribution in [1.82, 2.24) is 19.9 Å². The van der Waals surface area contributed by atoms with E-state index in [2.05, 4.69) is 50.7 Å². The molecule has 0 radical (unpaired) electrons. The van der Waals surface area contributed by atoms with E-state index in [0.717, 1.165) is 12.1 Å². The van der Waals surface area contributed by atoms with E-state index in [1.54, 1.807) is 36.4 Å². The highest BCUT2D eigenvalue weighted by Gasteiger charge is 2.36. The number of benzene rings is 4. The molecule has 352 valence electrons. The zero-order valence-corrected chi connectivity index (χ0v) is 36.0. The monoisotopic (exact) mass is 970 g/mol. The molecule has 20 nitrogen and oxygen atoms in total. The Morgan fingerprint density at radius 2 is 0.848 bits per heavy atom. The summed E-state index contributed by atoms with van der Waals surface area (Å²) in [7, 11) is -3.27. The van der Waals surface area contributed by atoms with E-state index in [4.69, 9.17) is 29.2 Å². The first-order valence-corrected chi connectivity index (χ1v) is 21.1. The SMILES string of the molecule is COc1ccc(Nc2nccc(Nc3cccc(OC(F)(F)F)c3S(N)(=O)=O)n2)cc1OC.COc1ccc(Nc2nccc(Nc3cccc(OC(F)(F)F)c3S(N)(=O)=O)n2)cc1OC. The highest BCUT2D eigenvalue weighted by atomic mass is 32.2. The number of methoxy groups -OCH3 is 4. The van der Waals surface area contributed by atoms with Gasteiger partial charge >= 0.3 is 12.7 Å². The number of anilines is 8. The van der Waals surface area contributed by atoms with Gasteiger partial charge in [-0.2, -0.15) is 9.97 Å². The van der Waals surface area contributed by atoms with Gasteiger partial charge in [-0.15, -0.1) is 26.3 Å². The summed E-state index contributed by atoms with van der Waals surface area (Å²) in [6.45, 7) is 0. The summed E-state index contributed by atoms with van der Waals surface area (Å²) in [6.07, 6.45) is -7.54. The predicted molar refractivity (Wildman–Crippen MR) is 225 cm³/mol. The molecular weight excluding hydrogens is 935 g/mol. The number of aromatic nitrogens is 4. The summed E-state index contributed by atoms with van der Waals surface area (Å²) in [4.78, 5) is 14.7. The molecule has 0 fully saturated rings. The predicted octanol–water partition coefficient (Wildman–Crippen LogP) is 7.05. The minimum Gasteiger partial charge on any atom is -0.493 e. The fraction of sp³-hybridized carbons (Fsp3) is 0.158. The lowest BCUT2D eigenvalue weighted by atomic mass is 10.3. The summed E-state index contributed by atoms with van der Waals surface area (Å²) in [5.41, 5.74) is 0.566. The van der Waals surface area contributed by atoms with E-state index >= 15 is 0 Å². The molecule has 0 aliphatic carbocycles. The number of rotatable bonds is 16. The van der Waals surface area contributed by atoms with E-state index in [9.17, 15) is 43.2 Å². The Bertz CT molecular complexity index is 2700. The van der Waals surface area contributed by atoms with Crippen molar-refractivity contribution < 1.29 is 71.6 Å². The topological polar surface area (TPSA) is 275 Å². The highest BCUT2D eigenvalue weighted by Crippen LogP contribution is 2.38. The van der Waals surface area contributed by atoms with Crippen LogP contribution in [0, 0.1) is 0 Å². The van der Waals surface area contributed by atoms with Gasteiger partial charge in [-0.3, -0.25) is 0 Å². The minimum atomic E-state index is -5.12. The van der Waals surface area contributed by atoms with Gasteiger partial charge < -0.3 is 49.7 Å². The Morgan fingerprint density at radius 1 is 0.485 bits per heavy atom. The molecule has 2 heterocycles. The molecule has 6 aromatic rings. The van der Waals surface area contributed by atoms with Gasteiger partial charge in [-0.05, 0) is 60.7 Å². The van der Waals surface area contributed by atoms with Gasteiger partial charge in [0.25, 0.3) is 0 Å². The first-order valence-electron chi connectivity index (χ1n) is 18.0. The molecule has 0 amide bonds. The van der Waals surface area contributed by atoms with Crippen LogP contribution in [0.5, 0.6) is 34.5 Å². The maximum atomic E-state index is 12.7. The number of alkyl halides is 6.